The molecule has 0 atom stereocenters. The molecule has 40 heavy (non-hydrogen) atoms. The maximum atomic E-state index is 12.4. The van der Waals surface area contributed by atoms with Crippen molar-refractivity contribution in [1.82, 2.24) is 29.9 Å². The Morgan fingerprint density at radius 1 is 1.07 bits per heavy atom. The second kappa shape index (κ2) is 10.5. The highest BCUT2D eigenvalue weighted by atomic mass is 16.5. The van der Waals surface area contributed by atoms with Gasteiger partial charge in [0.2, 0.25) is 5.91 Å². The lowest BCUT2D eigenvalue weighted by molar-refractivity contribution is -0.129. The number of carbonyl (C=O) groups excluding carboxylic acids is 2. The van der Waals surface area contributed by atoms with Gasteiger partial charge in [-0.25, -0.2) is 0 Å². The Balaban J connectivity index is 1.45. The highest BCUT2D eigenvalue weighted by Crippen LogP contribution is 2.40. The normalized spacial score (nSPS) is 17.2. The van der Waals surface area contributed by atoms with E-state index in [4.69, 9.17) is 9.84 Å². The number of nitrogens with one attached hydrogen (secondary N) is 1. The molecule has 0 spiro atoms. The SMILES string of the molecule is CNC(=O)c1ccc(C2=Cc3c(C)ccc(-c4nn(C5CCOCC5)c5c4CN(C(C)=O)CC5)c3CN2C)cn1. The largest absolute Gasteiger partial charge is 0.381 e. The number of hydrogen-bond acceptors (Lipinski definition) is 6. The van der Waals surface area contributed by atoms with Crippen molar-refractivity contribution in [2.45, 2.75) is 52.2 Å². The highest BCUT2D eigenvalue weighted by Gasteiger charge is 2.32. The molecule has 6 rings (SSSR count). The molecule has 1 N–H and O–H groups in total. The molecule has 3 aromatic rings. The smallest absolute Gasteiger partial charge is 0.269 e. The summed E-state index contributed by atoms with van der Waals surface area (Å²) in [7, 11) is 3.69. The van der Waals surface area contributed by atoms with E-state index in [1.807, 2.05) is 11.0 Å². The molecule has 2 amide bonds. The lowest BCUT2D eigenvalue weighted by atomic mass is 9.88. The average Bonchev–Trinajstić information content (AvgIpc) is 3.36. The summed E-state index contributed by atoms with van der Waals surface area (Å²) in [6.07, 6.45) is 6.71. The molecule has 0 unspecified atom stereocenters. The van der Waals surface area contributed by atoms with Crippen LogP contribution in [0.2, 0.25) is 0 Å². The second-order valence-corrected chi connectivity index (χ2v) is 11.0. The van der Waals surface area contributed by atoms with Gasteiger partial charge in [-0.3, -0.25) is 19.3 Å². The molecule has 208 valence electrons. The zero-order valence-corrected chi connectivity index (χ0v) is 23.7. The Hall–Kier alpha value is -3.98. The van der Waals surface area contributed by atoms with E-state index in [0.29, 0.717) is 24.8 Å². The zero-order valence-electron chi connectivity index (χ0n) is 23.7. The lowest BCUT2D eigenvalue weighted by Crippen LogP contribution is -2.35. The summed E-state index contributed by atoms with van der Waals surface area (Å²) < 4.78 is 7.90. The maximum Gasteiger partial charge on any atom is 0.269 e. The van der Waals surface area contributed by atoms with Gasteiger partial charge in [0.1, 0.15) is 5.69 Å². The Morgan fingerprint density at radius 3 is 2.58 bits per heavy atom. The number of carbonyl (C=O) groups is 2. The van der Waals surface area contributed by atoms with E-state index in [9.17, 15) is 9.59 Å². The number of amides is 2. The van der Waals surface area contributed by atoms with Crippen LogP contribution in [0.5, 0.6) is 0 Å². The topological polar surface area (TPSA) is 92.6 Å². The lowest BCUT2D eigenvalue weighted by Gasteiger charge is -2.31. The van der Waals surface area contributed by atoms with Gasteiger partial charge in [0.05, 0.1) is 11.7 Å². The van der Waals surface area contributed by atoms with E-state index >= 15 is 0 Å². The molecular weight excluding hydrogens is 504 g/mol. The summed E-state index contributed by atoms with van der Waals surface area (Å²) in [6, 6.07) is 8.40. The molecule has 3 aliphatic rings. The minimum absolute atomic E-state index is 0.102. The first-order chi connectivity index (χ1) is 19.4. The van der Waals surface area contributed by atoms with Crippen LogP contribution in [0.1, 0.15) is 69.8 Å². The molecular formula is C31H36N6O3. The van der Waals surface area contributed by atoms with Crippen LogP contribution in [0.15, 0.2) is 30.5 Å². The fraction of sp³-hybridized carbons (Fsp3) is 0.419. The monoisotopic (exact) mass is 540 g/mol. The predicted molar refractivity (Wildman–Crippen MR) is 153 cm³/mol. The number of rotatable bonds is 4. The third-order valence-corrected chi connectivity index (χ3v) is 8.50. The summed E-state index contributed by atoms with van der Waals surface area (Å²) >= 11 is 0. The van der Waals surface area contributed by atoms with E-state index in [0.717, 1.165) is 61.5 Å². The maximum absolute atomic E-state index is 12.4. The first-order valence-corrected chi connectivity index (χ1v) is 14.0. The Kier molecular flexibility index (Phi) is 6.92. The van der Waals surface area contributed by atoms with Gasteiger partial charge >= 0.3 is 0 Å². The second-order valence-electron chi connectivity index (χ2n) is 11.0. The number of ether oxygens (including phenoxy) is 1. The fourth-order valence-electron chi connectivity index (χ4n) is 6.22. The quantitative estimate of drug-likeness (QED) is 0.541. The van der Waals surface area contributed by atoms with Crippen LogP contribution < -0.4 is 5.32 Å². The molecule has 0 bridgehead atoms. The summed E-state index contributed by atoms with van der Waals surface area (Å²) in [4.78, 5) is 32.9. The van der Waals surface area contributed by atoms with Gasteiger partial charge in [0, 0.05) is 94.6 Å². The average molecular weight is 541 g/mol. The number of aryl methyl sites for hydroxylation is 1. The molecule has 3 aliphatic heterocycles. The van der Waals surface area contributed by atoms with Gasteiger partial charge in [-0.1, -0.05) is 12.1 Å². The van der Waals surface area contributed by atoms with Crippen molar-refractivity contribution in [3.63, 3.8) is 0 Å². The Labute approximate surface area is 234 Å². The number of nitrogens with zero attached hydrogens (tertiary/aromatic N) is 5. The van der Waals surface area contributed by atoms with Gasteiger partial charge in [-0.15, -0.1) is 0 Å². The van der Waals surface area contributed by atoms with Gasteiger partial charge < -0.3 is 19.9 Å². The predicted octanol–water partition coefficient (Wildman–Crippen LogP) is 3.81. The Morgan fingerprint density at radius 2 is 1.88 bits per heavy atom. The van der Waals surface area contributed by atoms with Crippen molar-refractivity contribution < 1.29 is 14.3 Å². The molecule has 0 radical (unpaired) electrons. The van der Waals surface area contributed by atoms with Gasteiger partial charge in [-0.2, -0.15) is 5.10 Å². The van der Waals surface area contributed by atoms with Crippen molar-refractivity contribution in [2.75, 3.05) is 33.9 Å². The molecule has 0 aliphatic carbocycles. The Bertz CT molecular complexity index is 1500. The van der Waals surface area contributed by atoms with Crippen molar-refractivity contribution in [3.8, 4) is 11.3 Å². The zero-order chi connectivity index (χ0) is 28.0. The number of fused-ring (bicyclic) bond motifs is 2. The van der Waals surface area contributed by atoms with E-state index in [1.165, 1.54) is 27.9 Å². The molecule has 1 fully saturated rings. The molecule has 9 heteroatoms. The molecule has 1 aromatic carbocycles. The summed E-state index contributed by atoms with van der Waals surface area (Å²) in [5, 5.41) is 7.91. The van der Waals surface area contributed by atoms with E-state index in [2.05, 4.69) is 52.1 Å². The van der Waals surface area contributed by atoms with Crippen LogP contribution in [0.25, 0.3) is 23.0 Å². The van der Waals surface area contributed by atoms with Gasteiger partial charge in [0.15, 0.2) is 0 Å². The van der Waals surface area contributed by atoms with Gasteiger partial charge in [0.25, 0.3) is 5.91 Å². The first kappa shape index (κ1) is 26.3. The standard InChI is InChI=1S/C31H36N6O3/c1-19-5-7-23(25-17-35(4)29(15-24(19)25)21-6-8-27(33-16-21)31(39)32-3)30-26-18-36(20(2)38)12-9-28(26)37(34-30)22-10-13-40-14-11-22/h5-8,15-16,22H,9-14,17-18H2,1-4H3,(H,32,39). The van der Waals surface area contributed by atoms with Crippen LogP contribution in [0.3, 0.4) is 0 Å². The van der Waals surface area contributed by atoms with Crippen LogP contribution >= 0.6 is 0 Å². The van der Waals surface area contributed by atoms with Gasteiger partial charge in [-0.05, 0) is 54.7 Å². The minimum Gasteiger partial charge on any atom is -0.381 e. The third-order valence-electron chi connectivity index (χ3n) is 8.50. The summed E-state index contributed by atoms with van der Waals surface area (Å²) in [5.74, 6) is -0.0973. The van der Waals surface area contributed by atoms with Crippen molar-refractivity contribution >= 4 is 23.6 Å². The molecule has 0 saturated carbocycles. The highest BCUT2D eigenvalue weighted by molar-refractivity contribution is 5.93. The third kappa shape index (κ3) is 4.58. The summed E-state index contributed by atoms with van der Waals surface area (Å²) in [6.45, 7) is 7.33. The van der Waals surface area contributed by atoms with E-state index in [-0.39, 0.29) is 11.8 Å². The number of hydrogen-bond donors (Lipinski definition) is 1. The summed E-state index contributed by atoms with van der Waals surface area (Å²) in [5.41, 5.74) is 10.6. The first-order valence-electron chi connectivity index (χ1n) is 14.0. The fourth-order valence-corrected chi connectivity index (χ4v) is 6.22. The van der Waals surface area contributed by atoms with Crippen molar-refractivity contribution in [2.24, 2.45) is 0 Å². The molecule has 9 nitrogen and oxygen atoms in total. The van der Waals surface area contributed by atoms with Crippen LogP contribution in [-0.4, -0.2) is 70.2 Å². The minimum atomic E-state index is -0.199. The van der Waals surface area contributed by atoms with Crippen LogP contribution in [-0.2, 0) is 29.0 Å². The number of benzene rings is 1. The van der Waals surface area contributed by atoms with Crippen LogP contribution in [0.4, 0.5) is 0 Å². The molecule has 2 aromatic heterocycles. The van der Waals surface area contributed by atoms with Crippen LogP contribution in [0, 0.1) is 6.92 Å². The van der Waals surface area contributed by atoms with Crippen molar-refractivity contribution in [3.05, 3.63) is 69.7 Å². The molecule has 5 heterocycles. The number of aromatic nitrogens is 3. The number of pyridine rings is 1. The van der Waals surface area contributed by atoms with E-state index < -0.39 is 0 Å². The van der Waals surface area contributed by atoms with E-state index in [1.54, 1.807) is 26.2 Å². The van der Waals surface area contributed by atoms with Crippen molar-refractivity contribution in [1.29, 1.82) is 0 Å². The molecule has 1 saturated heterocycles.